The van der Waals surface area contributed by atoms with Crippen LogP contribution >= 0.6 is 0 Å². The van der Waals surface area contributed by atoms with Crippen molar-refractivity contribution in [3.05, 3.63) is 39.4 Å². The predicted octanol–water partition coefficient (Wildman–Crippen LogP) is 0.0522. The summed E-state index contributed by atoms with van der Waals surface area (Å²) in [5.41, 5.74) is 2.50. The van der Waals surface area contributed by atoms with Crippen LogP contribution in [0.5, 0.6) is 0 Å². The first-order valence-corrected chi connectivity index (χ1v) is 12.1. The van der Waals surface area contributed by atoms with E-state index in [1.54, 1.807) is 16.0 Å². The number of rotatable bonds is 0. The van der Waals surface area contributed by atoms with Crippen LogP contribution in [0.3, 0.4) is 0 Å². The average Bonchev–Trinajstić information content (AvgIpc) is 2.51. The van der Waals surface area contributed by atoms with Crippen LogP contribution in [0.25, 0.3) is 0 Å². The molecule has 0 unspecified atom stereocenters. The Balaban J connectivity index is -0.0000000128. The van der Waals surface area contributed by atoms with Crippen LogP contribution in [-0.4, -0.2) is 13.8 Å². The van der Waals surface area contributed by atoms with Crippen molar-refractivity contribution in [2.24, 2.45) is 0 Å². The maximum absolute atomic E-state index is 9.72. The molecule has 0 saturated heterocycles. The molecule has 0 amide bonds. The van der Waals surface area contributed by atoms with E-state index in [1.165, 1.54) is 11.4 Å². The van der Waals surface area contributed by atoms with Crippen molar-refractivity contribution in [2.75, 3.05) is 0 Å². The van der Waals surface area contributed by atoms with Crippen LogP contribution in [0, 0.1) is 71.0 Å². The zero-order valence-electron chi connectivity index (χ0n) is 9.65. The fraction of sp³-hybridized carbons (Fsp3) is 0.250. The maximum atomic E-state index is 9.72. The molecule has 0 heterocycles. The third-order valence-electron chi connectivity index (χ3n) is 0. The first-order chi connectivity index (χ1) is 9.00. The molecule has 0 aromatic rings. The van der Waals surface area contributed by atoms with Gasteiger partial charge in [-0.15, -0.1) is 0 Å². The van der Waals surface area contributed by atoms with Gasteiger partial charge in [-0.1, -0.05) is 0 Å². The minimum atomic E-state index is -3.38. The zero-order chi connectivity index (χ0) is 18.5. The van der Waals surface area contributed by atoms with E-state index >= 15 is 0 Å². The summed E-state index contributed by atoms with van der Waals surface area (Å²) >= 11 is 1.51. The molecular weight excluding hydrogens is 533 g/mol. The first-order valence-electron chi connectivity index (χ1n) is 2.73. The summed E-state index contributed by atoms with van der Waals surface area (Å²) in [6.45, 7) is 28.5. The van der Waals surface area contributed by atoms with Gasteiger partial charge in [-0.05, 0) is 0 Å². The Labute approximate surface area is 132 Å². The van der Waals surface area contributed by atoms with Crippen molar-refractivity contribution in [3.63, 3.8) is 0 Å². The number of hydrogen-bond donors (Lipinski definition) is 0. The molecule has 0 fully saturated rings. The monoisotopic (exact) mass is 541 g/mol. The van der Waals surface area contributed by atoms with Gasteiger partial charge in [0.25, 0.3) is 0 Å². The zero-order valence-corrected chi connectivity index (χ0v) is 15.2. The molecule has 11 heteroatoms. The molecule has 0 bridgehead atoms. The van der Waals surface area contributed by atoms with Crippen LogP contribution in [0.15, 0.2) is 0 Å². The fourth-order valence-electron chi connectivity index (χ4n) is 0. The summed E-state index contributed by atoms with van der Waals surface area (Å²) in [6.07, 6.45) is 0. The minimum absolute atomic E-state index is 1.25. The Morgan fingerprint density at radius 2 is 0.737 bits per heavy atom. The van der Waals surface area contributed by atoms with Crippen LogP contribution in [0.1, 0.15) is 0 Å². The Morgan fingerprint density at radius 1 is 0.737 bits per heavy atom. The van der Waals surface area contributed by atoms with Gasteiger partial charge >= 0.3 is 62.2 Å². The second kappa shape index (κ2) is 200. The molecule has 19 heavy (non-hydrogen) atoms. The van der Waals surface area contributed by atoms with E-state index in [9.17, 15) is 7.84 Å². The molecule has 0 N–H and O–H groups in total. The van der Waals surface area contributed by atoms with Gasteiger partial charge in [-0.3, -0.25) is 0 Å². The molecule has 0 radical (unpaired) electrons. The molecule has 0 aromatic carbocycles. The normalized spacial score (nSPS) is 4.05. The van der Waals surface area contributed by atoms with Gasteiger partial charge in [0, 0.05) is 0 Å². The molecule has 0 aliphatic heterocycles. The summed E-state index contributed by atoms with van der Waals surface area (Å²) in [6, 6.07) is 0. The Hall–Kier alpha value is -1.59. The van der Waals surface area contributed by atoms with Crippen molar-refractivity contribution in [1.29, 1.82) is 31.6 Å². The predicted molar refractivity (Wildman–Crippen MR) is 48.0 cm³/mol. The second-order valence-electron chi connectivity index (χ2n) is 1.25. The van der Waals surface area contributed by atoms with Gasteiger partial charge in [-0.25, -0.2) is 0 Å². The van der Waals surface area contributed by atoms with E-state index in [2.05, 4.69) is 13.1 Å². The van der Waals surface area contributed by atoms with E-state index in [0.29, 0.717) is 0 Å². The van der Waals surface area contributed by atoms with Crippen molar-refractivity contribution >= 4 is 13.8 Å². The van der Waals surface area contributed by atoms with Gasteiger partial charge in [0.2, 0.25) is 0 Å². The van der Waals surface area contributed by atoms with Crippen molar-refractivity contribution < 1.29 is 37.0 Å². The molecule has 0 atom stereocenters. The summed E-state index contributed by atoms with van der Waals surface area (Å²) < 4.78 is 19.4. The molecule has 0 aromatic heterocycles. The van der Waals surface area contributed by atoms with E-state index in [4.69, 9.17) is 71.0 Å². The molecule has 0 aliphatic rings. The van der Waals surface area contributed by atoms with Gasteiger partial charge in [0.05, 0.1) is 0 Å². The van der Waals surface area contributed by atoms with Crippen molar-refractivity contribution in [1.82, 2.24) is 0 Å². The van der Waals surface area contributed by atoms with Crippen molar-refractivity contribution in [3.8, 4) is 0 Å². The molecule has 0 spiro atoms. The van der Waals surface area contributed by atoms with E-state index in [1.807, 2.05) is 0 Å². The number of hydrogen-bond acceptors (Lipinski definition) is 8. The molecule has 108 valence electrons. The van der Waals surface area contributed by atoms with Gasteiger partial charge in [-0.2, -0.15) is 0 Å². The standard InChI is InChI=1S/C2H7AsO2.6CN.Fe.Os/c1-3(2,4)5;6*1-2;;/h1-2H3,(H,4,5);;;;;;;;/q;6*-1;;/p-1. The summed E-state index contributed by atoms with van der Waals surface area (Å²) in [5, 5.41) is 37.5. The Bertz CT molecular complexity index is 226. The van der Waals surface area contributed by atoms with Crippen LogP contribution in [-0.2, 0) is 32.9 Å². The molecule has 0 rings (SSSR count). The summed E-state index contributed by atoms with van der Waals surface area (Å²) in [4.78, 5) is 0. The third kappa shape index (κ3) is 1360. The summed E-state index contributed by atoms with van der Waals surface area (Å²) in [7, 11) is 0. The fourth-order valence-corrected chi connectivity index (χ4v) is 0. The second-order valence-corrected chi connectivity index (χ2v) is 6.51. The molecule has 0 aliphatic carbocycles. The number of nitrogens with zero attached hydrogens (tertiary/aromatic N) is 6. The van der Waals surface area contributed by atoms with Gasteiger partial charge in [0.1, 0.15) is 0 Å². The summed E-state index contributed by atoms with van der Waals surface area (Å²) in [5.74, 6) is 0. The van der Waals surface area contributed by atoms with Gasteiger partial charge in [0.15, 0.2) is 0 Å². The van der Waals surface area contributed by atoms with Crippen LogP contribution < -0.4 is 4.10 Å². The van der Waals surface area contributed by atoms with Gasteiger partial charge < -0.3 is 71.0 Å². The molecule has 8 nitrogen and oxygen atoms in total. The first kappa shape index (κ1) is 52.9. The van der Waals surface area contributed by atoms with Crippen LogP contribution in [0.4, 0.5) is 0 Å². The van der Waals surface area contributed by atoms with Crippen molar-refractivity contribution in [2.45, 2.75) is 11.4 Å². The topological polar surface area (TPSA) is 183 Å². The average molecular weight is 539 g/mol. The SMILES string of the molecule is C[As](C)(=O)[O-].[C-]#N.[C-]#N.[C-]#N.[C-]#N.[C-]#N.[C-]#N.[Fe]=[Os]. The molecular formula is C8H6AsFeN6O2Os-7. The third-order valence-corrected chi connectivity index (χ3v) is 0. The van der Waals surface area contributed by atoms with E-state index < -0.39 is 13.8 Å². The quantitative estimate of drug-likeness (QED) is 0.306. The van der Waals surface area contributed by atoms with E-state index in [-0.39, 0.29) is 0 Å². The Morgan fingerprint density at radius 3 is 0.737 bits per heavy atom. The molecule has 0 saturated carbocycles. The van der Waals surface area contributed by atoms with Crippen LogP contribution in [0.2, 0.25) is 11.4 Å². The van der Waals surface area contributed by atoms with E-state index in [0.717, 1.165) is 0 Å². The Kier molecular flexibility index (Phi) is 558.